The van der Waals surface area contributed by atoms with E-state index < -0.39 is 0 Å². The lowest BCUT2D eigenvalue weighted by molar-refractivity contribution is 0.0321. The predicted molar refractivity (Wildman–Crippen MR) is 87.2 cm³/mol. The summed E-state index contributed by atoms with van der Waals surface area (Å²) < 4.78 is 11.4. The third-order valence-electron chi connectivity index (χ3n) is 4.21. The van der Waals surface area contributed by atoms with Crippen LogP contribution < -0.4 is 10.5 Å². The van der Waals surface area contributed by atoms with Crippen LogP contribution in [0.5, 0.6) is 5.75 Å². The maximum atomic E-state index is 6.04. The van der Waals surface area contributed by atoms with Crippen molar-refractivity contribution >= 4 is 11.9 Å². The molecule has 2 aliphatic rings. The average Bonchev–Trinajstić information content (AvgIpc) is 2.96. The molecule has 3 rings (SSSR count). The van der Waals surface area contributed by atoms with Crippen LogP contribution in [0.1, 0.15) is 18.0 Å². The molecular weight excluding hydrogens is 280 g/mol. The number of nitrogens with two attached hydrogens (primary N) is 1. The van der Waals surface area contributed by atoms with Crippen molar-refractivity contribution in [3.8, 4) is 5.75 Å². The fourth-order valence-electron chi connectivity index (χ4n) is 2.91. The topological polar surface area (TPSA) is 63.3 Å². The maximum Gasteiger partial charge on any atom is 0.124 e. The first-order chi connectivity index (χ1) is 10.7. The second-order valence-corrected chi connectivity index (χ2v) is 5.72. The Labute approximate surface area is 131 Å². The van der Waals surface area contributed by atoms with E-state index in [1.807, 2.05) is 36.5 Å². The molecule has 0 spiro atoms. The minimum atomic E-state index is 0.210. The van der Waals surface area contributed by atoms with Crippen LogP contribution in [0, 0.1) is 0 Å². The van der Waals surface area contributed by atoms with Crippen molar-refractivity contribution < 1.29 is 9.47 Å². The summed E-state index contributed by atoms with van der Waals surface area (Å²) in [5.41, 5.74) is 7.82. The molecule has 22 heavy (non-hydrogen) atoms. The maximum absolute atomic E-state index is 6.04. The van der Waals surface area contributed by atoms with Gasteiger partial charge in [0.1, 0.15) is 12.4 Å². The number of nitrogens with zero attached hydrogens (tertiary/aromatic N) is 3. The molecule has 6 heteroatoms. The molecular formula is C16H24N4O2. The Morgan fingerprint density at radius 1 is 1.36 bits per heavy atom. The third kappa shape index (κ3) is 3.51. The number of ether oxygens (including phenoxy) is 2. The van der Waals surface area contributed by atoms with E-state index in [0.717, 1.165) is 56.3 Å². The summed E-state index contributed by atoms with van der Waals surface area (Å²) in [6.07, 6.45) is 2.82. The minimum Gasteiger partial charge on any atom is -0.492 e. The first kappa shape index (κ1) is 15.1. The molecule has 2 N–H and O–H groups in total. The zero-order chi connectivity index (χ0) is 15.4. The van der Waals surface area contributed by atoms with Crippen molar-refractivity contribution in [3.05, 3.63) is 23.8 Å². The van der Waals surface area contributed by atoms with Crippen LogP contribution in [-0.2, 0) is 4.74 Å². The lowest BCUT2D eigenvalue weighted by Gasteiger charge is -2.27. The number of anilines is 1. The number of hydrogen-bond acceptors (Lipinski definition) is 6. The van der Waals surface area contributed by atoms with Gasteiger partial charge in [0.05, 0.1) is 19.3 Å². The van der Waals surface area contributed by atoms with Crippen LogP contribution in [0.3, 0.4) is 0 Å². The van der Waals surface area contributed by atoms with Gasteiger partial charge < -0.3 is 15.2 Å². The predicted octanol–water partition coefficient (Wildman–Crippen LogP) is 1.34. The molecule has 0 aromatic heterocycles. The summed E-state index contributed by atoms with van der Waals surface area (Å²) in [7, 11) is 1.98. The summed E-state index contributed by atoms with van der Waals surface area (Å²) in [6, 6.07) is 6.07. The van der Waals surface area contributed by atoms with E-state index in [0.29, 0.717) is 6.61 Å². The Hall–Kier alpha value is -1.79. The molecule has 1 aromatic carbocycles. The molecule has 120 valence electrons. The standard InChI is InChI=1S/C16H24N4O2/c1-19-15(4-5-18-19)14-12-13(17)2-3-16(14)22-11-8-20-6-9-21-10-7-20/h2-3,5,12,15H,4,6-11,17H2,1H3. The number of morpholine rings is 1. The van der Waals surface area contributed by atoms with Crippen LogP contribution in [0.15, 0.2) is 23.3 Å². The molecule has 2 heterocycles. The molecule has 0 bridgehead atoms. The van der Waals surface area contributed by atoms with Crippen LogP contribution in [-0.4, -0.2) is 62.6 Å². The number of benzene rings is 1. The first-order valence-electron chi connectivity index (χ1n) is 7.81. The van der Waals surface area contributed by atoms with Crippen LogP contribution in [0.2, 0.25) is 0 Å². The van der Waals surface area contributed by atoms with E-state index >= 15 is 0 Å². The highest BCUT2D eigenvalue weighted by Gasteiger charge is 2.23. The van der Waals surface area contributed by atoms with Gasteiger partial charge in [0.2, 0.25) is 0 Å². The van der Waals surface area contributed by atoms with Crippen molar-refractivity contribution in [2.75, 3.05) is 52.2 Å². The second-order valence-electron chi connectivity index (χ2n) is 5.72. The summed E-state index contributed by atoms with van der Waals surface area (Å²) in [5.74, 6) is 0.907. The van der Waals surface area contributed by atoms with Gasteiger partial charge in [0.15, 0.2) is 0 Å². The molecule has 0 radical (unpaired) electrons. The van der Waals surface area contributed by atoms with Gasteiger partial charge in [0.25, 0.3) is 0 Å². The van der Waals surface area contributed by atoms with Gasteiger partial charge in [-0.05, 0) is 18.2 Å². The van der Waals surface area contributed by atoms with E-state index in [1.54, 1.807) is 0 Å². The molecule has 1 saturated heterocycles. The Kier molecular flexibility index (Phi) is 4.80. The van der Waals surface area contributed by atoms with Crippen molar-refractivity contribution in [1.29, 1.82) is 0 Å². The Balaban J connectivity index is 1.62. The van der Waals surface area contributed by atoms with Crippen LogP contribution >= 0.6 is 0 Å². The largest absolute Gasteiger partial charge is 0.492 e. The van der Waals surface area contributed by atoms with Crippen molar-refractivity contribution in [3.63, 3.8) is 0 Å². The second kappa shape index (κ2) is 6.98. The molecule has 1 atom stereocenters. The Morgan fingerprint density at radius 3 is 2.91 bits per heavy atom. The zero-order valence-corrected chi connectivity index (χ0v) is 13.1. The molecule has 0 saturated carbocycles. The normalized spacial score (nSPS) is 22.2. The molecule has 0 amide bonds. The van der Waals surface area contributed by atoms with Gasteiger partial charge in [-0.25, -0.2) is 0 Å². The van der Waals surface area contributed by atoms with Crippen LogP contribution in [0.4, 0.5) is 5.69 Å². The summed E-state index contributed by atoms with van der Waals surface area (Å²) in [4.78, 5) is 2.37. The highest BCUT2D eigenvalue weighted by atomic mass is 16.5. The lowest BCUT2D eigenvalue weighted by atomic mass is 10.0. The fraction of sp³-hybridized carbons (Fsp3) is 0.562. The van der Waals surface area contributed by atoms with Crippen LogP contribution in [0.25, 0.3) is 0 Å². The molecule has 2 aliphatic heterocycles. The number of hydrogen-bond donors (Lipinski definition) is 1. The van der Waals surface area contributed by atoms with Crippen molar-refractivity contribution in [1.82, 2.24) is 9.91 Å². The van der Waals surface area contributed by atoms with Gasteiger partial charge in [-0.3, -0.25) is 9.91 Å². The van der Waals surface area contributed by atoms with Gasteiger partial charge in [-0.15, -0.1) is 0 Å². The summed E-state index contributed by atoms with van der Waals surface area (Å²) in [5, 5.41) is 6.27. The van der Waals surface area contributed by atoms with E-state index in [2.05, 4.69) is 10.0 Å². The Bertz CT molecular complexity index is 529. The van der Waals surface area contributed by atoms with Gasteiger partial charge >= 0.3 is 0 Å². The molecule has 1 fully saturated rings. The monoisotopic (exact) mass is 304 g/mol. The number of rotatable bonds is 5. The smallest absolute Gasteiger partial charge is 0.124 e. The van der Waals surface area contributed by atoms with Crippen molar-refractivity contribution in [2.45, 2.75) is 12.5 Å². The van der Waals surface area contributed by atoms with Gasteiger partial charge in [-0.1, -0.05) is 0 Å². The fourth-order valence-corrected chi connectivity index (χ4v) is 2.91. The van der Waals surface area contributed by atoms with Gasteiger partial charge in [-0.2, -0.15) is 5.10 Å². The van der Waals surface area contributed by atoms with Crippen molar-refractivity contribution in [2.24, 2.45) is 5.10 Å². The lowest BCUT2D eigenvalue weighted by Crippen LogP contribution is -2.38. The molecule has 6 nitrogen and oxygen atoms in total. The highest BCUT2D eigenvalue weighted by molar-refractivity contribution is 5.62. The van der Waals surface area contributed by atoms with E-state index in [1.165, 1.54) is 0 Å². The molecule has 1 aromatic rings. The summed E-state index contributed by atoms with van der Waals surface area (Å²) in [6.45, 7) is 5.20. The number of hydrazone groups is 1. The minimum absolute atomic E-state index is 0.210. The zero-order valence-electron chi connectivity index (χ0n) is 13.1. The summed E-state index contributed by atoms with van der Waals surface area (Å²) >= 11 is 0. The number of nitrogen functional groups attached to an aromatic ring is 1. The quantitative estimate of drug-likeness (QED) is 0.832. The highest BCUT2D eigenvalue weighted by Crippen LogP contribution is 2.34. The third-order valence-corrected chi connectivity index (χ3v) is 4.21. The average molecular weight is 304 g/mol. The molecule has 1 unspecified atom stereocenters. The van der Waals surface area contributed by atoms with E-state index in [9.17, 15) is 0 Å². The Morgan fingerprint density at radius 2 is 2.18 bits per heavy atom. The van der Waals surface area contributed by atoms with E-state index in [-0.39, 0.29) is 6.04 Å². The molecule has 0 aliphatic carbocycles. The van der Waals surface area contributed by atoms with E-state index in [4.69, 9.17) is 15.2 Å². The van der Waals surface area contributed by atoms with Gasteiger partial charge in [0, 0.05) is 50.6 Å². The SMILES string of the molecule is CN1N=CCC1c1cc(N)ccc1OCCN1CCOCC1. The first-order valence-corrected chi connectivity index (χ1v) is 7.81.